The third kappa shape index (κ3) is 15.1. The second-order valence-electron chi connectivity index (χ2n) is 10.2. The van der Waals surface area contributed by atoms with Crippen LogP contribution in [0.5, 0.6) is 0 Å². The van der Waals surface area contributed by atoms with Crippen LogP contribution >= 0.6 is 0 Å². The van der Waals surface area contributed by atoms with Crippen molar-refractivity contribution < 1.29 is 4.57 Å². The van der Waals surface area contributed by atoms with Crippen molar-refractivity contribution in [2.75, 3.05) is 0 Å². The van der Waals surface area contributed by atoms with Crippen LogP contribution in [0.15, 0.2) is 12.4 Å². The molecule has 0 amide bonds. The summed E-state index contributed by atoms with van der Waals surface area (Å²) in [7, 11) is 0. The summed E-state index contributed by atoms with van der Waals surface area (Å²) in [6.45, 7) is 9.21. The molecule has 0 aliphatic heterocycles. The molecule has 0 fully saturated rings. The summed E-state index contributed by atoms with van der Waals surface area (Å²) in [5.74, 6) is 1.56. The molecular weight excluding hydrogens is 388 g/mol. The molecule has 1 heterocycles. The minimum Gasteiger partial charge on any atom is -0.235 e. The third-order valence-corrected chi connectivity index (χ3v) is 7.19. The van der Waals surface area contributed by atoms with Gasteiger partial charge in [0.25, 0.3) is 5.82 Å². The fraction of sp³-hybridized carbons (Fsp3) is 0.900. The molecule has 188 valence electrons. The Kier molecular flexibility index (Phi) is 20.1. The quantitative estimate of drug-likeness (QED) is 0.110. The van der Waals surface area contributed by atoms with Gasteiger partial charge in [-0.1, -0.05) is 129 Å². The molecule has 1 aromatic heterocycles. The van der Waals surface area contributed by atoms with Gasteiger partial charge in [0.1, 0.15) is 12.4 Å². The first-order chi connectivity index (χ1) is 15.8. The zero-order valence-electron chi connectivity index (χ0n) is 22.5. The Bertz CT molecular complexity index is 505. The van der Waals surface area contributed by atoms with Crippen LogP contribution < -0.4 is 4.57 Å². The van der Waals surface area contributed by atoms with Gasteiger partial charge in [-0.25, -0.2) is 9.13 Å². The van der Waals surface area contributed by atoms with Gasteiger partial charge in [0.2, 0.25) is 0 Å². The molecule has 0 saturated carbocycles. The van der Waals surface area contributed by atoms with E-state index in [1.807, 2.05) is 0 Å². The number of rotatable bonds is 24. The van der Waals surface area contributed by atoms with Crippen LogP contribution in [0.25, 0.3) is 0 Å². The molecule has 0 unspecified atom stereocenters. The molecule has 0 saturated heterocycles. The van der Waals surface area contributed by atoms with E-state index in [-0.39, 0.29) is 0 Å². The Labute approximate surface area is 202 Å². The summed E-state index contributed by atoms with van der Waals surface area (Å²) in [4.78, 5) is 0. The molecule has 2 nitrogen and oxygen atoms in total. The van der Waals surface area contributed by atoms with Crippen LogP contribution in [0.3, 0.4) is 0 Å². The Morgan fingerprint density at radius 1 is 0.531 bits per heavy atom. The first-order valence-electron chi connectivity index (χ1n) is 14.9. The van der Waals surface area contributed by atoms with E-state index in [2.05, 4.69) is 42.3 Å². The number of imidazole rings is 1. The summed E-state index contributed by atoms with van der Waals surface area (Å²) < 4.78 is 5.01. The summed E-state index contributed by atoms with van der Waals surface area (Å²) in [6, 6.07) is 0. The van der Waals surface area contributed by atoms with Crippen molar-refractivity contribution in [2.45, 2.75) is 175 Å². The Morgan fingerprint density at radius 3 is 1.38 bits per heavy atom. The first kappa shape index (κ1) is 29.2. The van der Waals surface area contributed by atoms with E-state index in [4.69, 9.17) is 0 Å². The second kappa shape index (κ2) is 22.0. The van der Waals surface area contributed by atoms with Crippen molar-refractivity contribution in [1.29, 1.82) is 0 Å². The number of unbranched alkanes of at least 4 members (excludes halogenated alkanes) is 19. The van der Waals surface area contributed by atoms with Crippen molar-refractivity contribution in [3.63, 3.8) is 0 Å². The number of hydrogen-bond donors (Lipinski definition) is 0. The number of aromatic nitrogens is 2. The van der Waals surface area contributed by atoms with Crippen molar-refractivity contribution in [3.8, 4) is 0 Å². The van der Waals surface area contributed by atoms with Gasteiger partial charge in [0.05, 0.1) is 13.1 Å². The Balaban J connectivity index is 1.97. The molecule has 32 heavy (non-hydrogen) atoms. The van der Waals surface area contributed by atoms with Crippen LogP contribution in [0.4, 0.5) is 0 Å². The van der Waals surface area contributed by atoms with Gasteiger partial charge in [-0.2, -0.15) is 0 Å². The predicted molar refractivity (Wildman–Crippen MR) is 142 cm³/mol. The standard InChI is InChI=1S/C30H59N2/c1-4-7-9-11-12-13-14-15-16-17-18-19-20-21-23-25-27-32-29-28-31(6-3)30(32)26-24-22-10-8-5-2/h28-29H,4-27H2,1-3H3/q+1. The van der Waals surface area contributed by atoms with E-state index in [0.717, 1.165) is 6.54 Å². The van der Waals surface area contributed by atoms with Crippen molar-refractivity contribution >= 4 is 0 Å². The van der Waals surface area contributed by atoms with Crippen LogP contribution in [-0.4, -0.2) is 4.57 Å². The van der Waals surface area contributed by atoms with E-state index in [1.165, 1.54) is 148 Å². The van der Waals surface area contributed by atoms with E-state index in [0.29, 0.717) is 0 Å². The highest BCUT2D eigenvalue weighted by Gasteiger charge is 2.15. The maximum atomic E-state index is 2.55. The lowest BCUT2D eigenvalue weighted by Gasteiger charge is -2.05. The normalized spacial score (nSPS) is 11.5. The maximum absolute atomic E-state index is 2.55. The zero-order valence-corrected chi connectivity index (χ0v) is 22.5. The number of hydrogen-bond acceptors (Lipinski definition) is 0. The molecule has 0 aromatic carbocycles. The highest BCUT2D eigenvalue weighted by atomic mass is 15.1. The first-order valence-corrected chi connectivity index (χ1v) is 14.9. The molecule has 0 aliphatic rings. The van der Waals surface area contributed by atoms with Gasteiger partial charge in [-0.15, -0.1) is 0 Å². The van der Waals surface area contributed by atoms with E-state index >= 15 is 0 Å². The van der Waals surface area contributed by atoms with Gasteiger partial charge in [-0.3, -0.25) is 0 Å². The van der Waals surface area contributed by atoms with Gasteiger partial charge < -0.3 is 0 Å². The summed E-state index contributed by atoms with van der Waals surface area (Å²) >= 11 is 0. The summed E-state index contributed by atoms with van der Waals surface area (Å²) in [6.07, 6.45) is 35.9. The highest BCUT2D eigenvalue weighted by molar-refractivity contribution is 4.84. The lowest BCUT2D eigenvalue weighted by Crippen LogP contribution is -2.36. The molecule has 0 aliphatic carbocycles. The van der Waals surface area contributed by atoms with E-state index in [9.17, 15) is 0 Å². The average Bonchev–Trinajstić information content (AvgIpc) is 3.20. The fourth-order valence-electron chi connectivity index (χ4n) is 4.99. The van der Waals surface area contributed by atoms with Gasteiger partial charge >= 0.3 is 0 Å². The van der Waals surface area contributed by atoms with Crippen LogP contribution in [0.1, 0.15) is 161 Å². The van der Waals surface area contributed by atoms with Gasteiger partial charge in [0.15, 0.2) is 0 Å². The minimum absolute atomic E-state index is 1.11. The Hall–Kier alpha value is -0.790. The molecule has 1 rings (SSSR count). The summed E-state index contributed by atoms with van der Waals surface area (Å²) in [5, 5.41) is 0. The van der Waals surface area contributed by atoms with Crippen LogP contribution in [0, 0.1) is 0 Å². The SMILES string of the molecule is CCCCCCCCCCCCCCCCCCn1cc[n+](CC)c1CCCCCCC. The lowest BCUT2D eigenvalue weighted by molar-refractivity contribution is -0.700. The highest BCUT2D eigenvalue weighted by Crippen LogP contribution is 2.14. The second-order valence-corrected chi connectivity index (χ2v) is 10.2. The molecule has 2 heteroatoms. The Morgan fingerprint density at radius 2 is 0.938 bits per heavy atom. The minimum atomic E-state index is 1.11. The van der Waals surface area contributed by atoms with Crippen molar-refractivity contribution in [3.05, 3.63) is 18.2 Å². The monoisotopic (exact) mass is 447 g/mol. The fourth-order valence-corrected chi connectivity index (χ4v) is 4.99. The number of nitrogens with zero attached hydrogens (tertiary/aromatic N) is 2. The molecular formula is C30H59N2+. The lowest BCUT2D eigenvalue weighted by atomic mass is 10.0. The van der Waals surface area contributed by atoms with Crippen LogP contribution in [0.2, 0.25) is 0 Å². The molecule has 0 atom stereocenters. The van der Waals surface area contributed by atoms with Gasteiger partial charge in [0, 0.05) is 6.42 Å². The smallest absolute Gasteiger partial charge is 0.235 e. The molecule has 0 spiro atoms. The van der Waals surface area contributed by atoms with Crippen LogP contribution in [-0.2, 0) is 19.5 Å². The van der Waals surface area contributed by atoms with Crippen molar-refractivity contribution in [1.82, 2.24) is 4.57 Å². The molecule has 0 N–H and O–H groups in total. The average molecular weight is 448 g/mol. The topological polar surface area (TPSA) is 8.81 Å². The van der Waals surface area contributed by atoms with E-state index in [1.54, 1.807) is 5.82 Å². The van der Waals surface area contributed by atoms with E-state index < -0.39 is 0 Å². The molecule has 0 radical (unpaired) electrons. The predicted octanol–water partition coefficient (Wildman–Crippen LogP) is 9.57. The summed E-state index contributed by atoms with van der Waals surface area (Å²) in [5.41, 5.74) is 0. The zero-order chi connectivity index (χ0) is 23.1. The molecule has 1 aromatic rings. The third-order valence-electron chi connectivity index (χ3n) is 7.19. The van der Waals surface area contributed by atoms with Gasteiger partial charge in [-0.05, 0) is 26.2 Å². The molecule has 0 bridgehead atoms. The van der Waals surface area contributed by atoms with Crippen molar-refractivity contribution in [2.24, 2.45) is 0 Å². The number of aryl methyl sites for hydroxylation is 2. The maximum Gasteiger partial charge on any atom is 0.256 e. The largest absolute Gasteiger partial charge is 0.256 e.